The van der Waals surface area contributed by atoms with Gasteiger partial charge in [-0.2, -0.15) is 0 Å². The highest BCUT2D eigenvalue weighted by molar-refractivity contribution is 7.99. The second-order valence-corrected chi connectivity index (χ2v) is 7.57. The van der Waals surface area contributed by atoms with Crippen LogP contribution in [0.5, 0.6) is 0 Å². The largest absolute Gasteiger partial charge is 0.431 e. The van der Waals surface area contributed by atoms with E-state index in [1.165, 1.54) is 11.8 Å². The van der Waals surface area contributed by atoms with Crippen molar-refractivity contribution in [2.24, 2.45) is 0 Å². The summed E-state index contributed by atoms with van der Waals surface area (Å²) in [7, 11) is 0. The number of nitrogens with one attached hydrogen (secondary N) is 1. The maximum absolute atomic E-state index is 12.5. The molecule has 130 valence electrons. The second kappa shape index (κ2) is 7.76. The van der Waals surface area contributed by atoms with Crippen LogP contribution in [0.3, 0.4) is 0 Å². The monoisotopic (exact) mass is 380 g/mol. The molecule has 4 rings (SSSR count). The number of benzene rings is 2. The van der Waals surface area contributed by atoms with Crippen molar-refractivity contribution in [3.63, 3.8) is 0 Å². The molecule has 1 unspecified atom stereocenters. The fraction of sp³-hybridized carbons (Fsp3) is 0.100. The van der Waals surface area contributed by atoms with E-state index in [-0.39, 0.29) is 17.7 Å². The number of carbonyl (C=O) groups is 1. The Balaban J connectivity index is 1.45. The van der Waals surface area contributed by atoms with Crippen molar-refractivity contribution in [1.82, 2.24) is 10.3 Å². The van der Waals surface area contributed by atoms with Crippen LogP contribution in [0.2, 0.25) is 0 Å². The summed E-state index contributed by atoms with van der Waals surface area (Å²) in [6.07, 6.45) is 0. The standard InChI is InChI=1S/C20H16N2O2S2/c23-18(13-26-20-21-15-9-4-5-10-16(15)24-20)22-19(17-11-6-12-25-17)14-7-2-1-3-8-14/h1-12,19H,13H2,(H,22,23). The number of thioether (sulfide) groups is 1. The summed E-state index contributed by atoms with van der Waals surface area (Å²) in [6.45, 7) is 0. The van der Waals surface area contributed by atoms with Gasteiger partial charge in [0.25, 0.3) is 5.22 Å². The predicted octanol–water partition coefficient (Wildman–Crippen LogP) is 4.89. The highest BCUT2D eigenvalue weighted by Crippen LogP contribution is 2.27. The fourth-order valence-corrected chi connectivity index (χ4v) is 4.11. The molecule has 0 radical (unpaired) electrons. The molecular weight excluding hydrogens is 364 g/mol. The van der Waals surface area contributed by atoms with Crippen LogP contribution in [0, 0.1) is 0 Å². The van der Waals surface area contributed by atoms with Crippen LogP contribution in [0.25, 0.3) is 11.1 Å². The molecular formula is C20H16N2O2S2. The zero-order valence-corrected chi connectivity index (χ0v) is 15.4. The first-order valence-electron chi connectivity index (χ1n) is 8.16. The van der Waals surface area contributed by atoms with E-state index in [0.29, 0.717) is 5.22 Å². The number of aromatic nitrogens is 1. The summed E-state index contributed by atoms with van der Waals surface area (Å²) < 4.78 is 5.65. The zero-order chi connectivity index (χ0) is 17.8. The number of amides is 1. The molecule has 2 heterocycles. The molecule has 0 aliphatic carbocycles. The van der Waals surface area contributed by atoms with Crippen molar-refractivity contribution in [3.05, 3.63) is 82.6 Å². The van der Waals surface area contributed by atoms with Gasteiger partial charge in [0.2, 0.25) is 5.91 Å². The summed E-state index contributed by atoms with van der Waals surface area (Å²) in [4.78, 5) is 18.0. The zero-order valence-electron chi connectivity index (χ0n) is 13.8. The first-order valence-corrected chi connectivity index (χ1v) is 10.0. The molecule has 4 nitrogen and oxygen atoms in total. The predicted molar refractivity (Wildman–Crippen MR) is 105 cm³/mol. The average molecular weight is 380 g/mol. The number of carbonyl (C=O) groups excluding carboxylic acids is 1. The van der Waals surface area contributed by atoms with E-state index in [1.54, 1.807) is 11.3 Å². The number of hydrogen-bond donors (Lipinski definition) is 1. The smallest absolute Gasteiger partial charge is 0.257 e. The van der Waals surface area contributed by atoms with E-state index in [1.807, 2.05) is 72.1 Å². The Labute approximate surface area is 159 Å². The maximum Gasteiger partial charge on any atom is 0.257 e. The van der Waals surface area contributed by atoms with Gasteiger partial charge in [0.15, 0.2) is 5.58 Å². The normalized spacial score (nSPS) is 12.2. The molecule has 2 aromatic heterocycles. The lowest BCUT2D eigenvalue weighted by Gasteiger charge is -2.17. The molecule has 1 atom stereocenters. The number of nitrogens with zero attached hydrogens (tertiary/aromatic N) is 1. The average Bonchev–Trinajstić information content (AvgIpc) is 3.34. The lowest BCUT2D eigenvalue weighted by Crippen LogP contribution is -2.30. The van der Waals surface area contributed by atoms with Crippen molar-refractivity contribution < 1.29 is 9.21 Å². The third-order valence-corrected chi connectivity index (χ3v) is 5.63. The molecule has 4 aromatic rings. The van der Waals surface area contributed by atoms with Gasteiger partial charge in [0.1, 0.15) is 5.52 Å². The molecule has 0 aliphatic heterocycles. The van der Waals surface area contributed by atoms with Gasteiger partial charge in [-0.1, -0.05) is 60.3 Å². The van der Waals surface area contributed by atoms with Crippen LogP contribution in [0.1, 0.15) is 16.5 Å². The van der Waals surface area contributed by atoms with Crippen molar-refractivity contribution >= 4 is 40.1 Å². The van der Waals surface area contributed by atoms with Gasteiger partial charge in [-0.05, 0) is 29.1 Å². The van der Waals surface area contributed by atoms with Gasteiger partial charge in [-0.3, -0.25) is 4.79 Å². The topological polar surface area (TPSA) is 55.1 Å². The fourth-order valence-electron chi connectivity index (χ4n) is 2.66. The Kier molecular flexibility index (Phi) is 5.04. The van der Waals surface area contributed by atoms with Gasteiger partial charge < -0.3 is 9.73 Å². The van der Waals surface area contributed by atoms with Crippen LogP contribution in [-0.2, 0) is 4.79 Å². The SMILES string of the molecule is O=C(CSc1nc2ccccc2o1)NC(c1ccccc1)c1cccs1. The Morgan fingerprint density at radius 2 is 1.88 bits per heavy atom. The Morgan fingerprint density at radius 1 is 1.08 bits per heavy atom. The number of thiophene rings is 1. The number of para-hydroxylation sites is 2. The van der Waals surface area contributed by atoms with Crippen LogP contribution in [0.4, 0.5) is 0 Å². The second-order valence-electron chi connectivity index (χ2n) is 5.66. The van der Waals surface area contributed by atoms with Gasteiger partial charge in [0, 0.05) is 4.88 Å². The minimum Gasteiger partial charge on any atom is -0.431 e. The van der Waals surface area contributed by atoms with Gasteiger partial charge in [-0.15, -0.1) is 11.3 Å². The molecule has 0 aliphatic rings. The van der Waals surface area contributed by atoms with Crippen LogP contribution in [0.15, 0.2) is 81.8 Å². The quantitative estimate of drug-likeness (QED) is 0.484. The third-order valence-electron chi connectivity index (χ3n) is 3.87. The summed E-state index contributed by atoms with van der Waals surface area (Å²) in [6, 6.07) is 21.5. The van der Waals surface area contributed by atoms with Crippen LogP contribution in [-0.4, -0.2) is 16.6 Å². The first-order chi connectivity index (χ1) is 12.8. The summed E-state index contributed by atoms with van der Waals surface area (Å²) in [5.74, 6) is 0.196. The first kappa shape index (κ1) is 16.9. The van der Waals surface area contributed by atoms with Crippen molar-refractivity contribution in [3.8, 4) is 0 Å². The summed E-state index contributed by atoms with van der Waals surface area (Å²) >= 11 is 2.94. The summed E-state index contributed by atoms with van der Waals surface area (Å²) in [5, 5.41) is 5.65. The molecule has 1 N–H and O–H groups in total. The molecule has 0 saturated carbocycles. The van der Waals surface area contributed by atoms with E-state index in [0.717, 1.165) is 21.5 Å². The Hall–Kier alpha value is -2.57. The van der Waals surface area contributed by atoms with Crippen molar-refractivity contribution in [1.29, 1.82) is 0 Å². The van der Waals surface area contributed by atoms with E-state index in [9.17, 15) is 4.79 Å². The van der Waals surface area contributed by atoms with E-state index in [2.05, 4.69) is 10.3 Å². The van der Waals surface area contributed by atoms with Crippen LogP contribution < -0.4 is 5.32 Å². The number of hydrogen-bond acceptors (Lipinski definition) is 5. The third kappa shape index (κ3) is 3.81. The minimum absolute atomic E-state index is 0.0560. The number of fused-ring (bicyclic) bond motifs is 1. The highest BCUT2D eigenvalue weighted by Gasteiger charge is 2.18. The van der Waals surface area contributed by atoms with Gasteiger partial charge >= 0.3 is 0 Å². The van der Waals surface area contributed by atoms with Crippen molar-refractivity contribution in [2.75, 3.05) is 5.75 Å². The van der Waals surface area contributed by atoms with Gasteiger partial charge in [0.05, 0.1) is 11.8 Å². The Bertz CT molecular complexity index is 964. The molecule has 0 spiro atoms. The Morgan fingerprint density at radius 3 is 2.65 bits per heavy atom. The summed E-state index contributed by atoms with van der Waals surface area (Å²) in [5.41, 5.74) is 2.60. The molecule has 1 amide bonds. The lowest BCUT2D eigenvalue weighted by atomic mass is 10.1. The number of oxazole rings is 1. The molecule has 0 saturated heterocycles. The van der Waals surface area contributed by atoms with Crippen molar-refractivity contribution in [2.45, 2.75) is 11.3 Å². The minimum atomic E-state index is -0.145. The van der Waals surface area contributed by atoms with Crippen LogP contribution >= 0.6 is 23.1 Å². The highest BCUT2D eigenvalue weighted by atomic mass is 32.2. The molecule has 2 aromatic carbocycles. The van der Waals surface area contributed by atoms with E-state index < -0.39 is 0 Å². The molecule has 26 heavy (non-hydrogen) atoms. The maximum atomic E-state index is 12.5. The molecule has 6 heteroatoms. The molecule has 0 bridgehead atoms. The van der Waals surface area contributed by atoms with Gasteiger partial charge in [-0.25, -0.2) is 4.98 Å². The molecule has 0 fully saturated rings. The van der Waals surface area contributed by atoms with E-state index >= 15 is 0 Å². The lowest BCUT2D eigenvalue weighted by molar-refractivity contribution is -0.119. The number of rotatable bonds is 6. The van der Waals surface area contributed by atoms with E-state index in [4.69, 9.17) is 4.42 Å².